The first-order valence-electron chi connectivity index (χ1n) is 6.67. The summed E-state index contributed by atoms with van der Waals surface area (Å²) in [6.07, 6.45) is -0.0534. The van der Waals surface area contributed by atoms with Gasteiger partial charge in [-0.25, -0.2) is 18.0 Å². The molecule has 1 aliphatic carbocycles. The van der Waals surface area contributed by atoms with Gasteiger partial charge in [-0.05, 0) is 40.9 Å². The number of rotatable bonds is 3. The normalized spacial score (nSPS) is 17.0. The fourth-order valence-corrected chi connectivity index (χ4v) is 2.26. The average molecular weight is 392 g/mol. The summed E-state index contributed by atoms with van der Waals surface area (Å²) in [5.41, 5.74) is -4.03. The molecule has 0 saturated heterocycles. The summed E-state index contributed by atoms with van der Waals surface area (Å²) >= 11 is 2.85. The Hall–Kier alpha value is -1.72. The van der Waals surface area contributed by atoms with E-state index >= 15 is 0 Å². The maximum atomic E-state index is 14.0. The zero-order chi connectivity index (χ0) is 17.4. The van der Waals surface area contributed by atoms with Gasteiger partial charge in [-0.2, -0.15) is 0 Å². The quantitative estimate of drug-likeness (QED) is 0.683. The van der Waals surface area contributed by atoms with Crippen molar-refractivity contribution in [3.8, 4) is 11.8 Å². The van der Waals surface area contributed by atoms with E-state index in [1.807, 2.05) is 5.32 Å². The number of carboxylic acid groups (broad SMARTS) is 1. The lowest BCUT2D eigenvalue weighted by molar-refractivity contribution is -0.140. The summed E-state index contributed by atoms with van der Waals surface area (Å²) in [6, 6.07) is 1.61. The molecule has 1 atom stereocenters. The molecular weight excluding hydrogens is 379 g/mol. The molecule has 3 N–H and O–H groups in total. The lowest BCUT2D eigenvalue weighted by atomic mass is 9.87. The summed E-state index contributed by atoms with van der Waals surface area (Å²) in [5, 5.41) is 21.2. The Morgan fingerprint density at radius 2 is 2.04 bits per heavy atom. The number of alkyl halides is 2. The molecule has 0 aromatic heterocycles. The van der Waals surface area contributed by atoms with Gasteiger partial charge in [0.1, 0.15) is 5.82 Å². The van der Waals surface area contributed by atoms with E-state index in [-0.39, 0.29) is 16.1 Å². The summed E-state index contributed by atoms with van der Waals surface area (Å²) in [5.74, 6) is -0.111. The van der Waals surface area contributed by atoms with Crippen molar-refractivity contribution in [2.45, 2.75) is 31.3 Å². The number of hydrogen-bond acceptors (Lipinski definition) is 2. The second-order valence-corrected chi connectivity index (χ2v) is 6.24. The van der Waals surface area contributed by atoms with E-state index < -0.39 is 29.0 Å². The van der Waals surface area contributed by atoms with Crippen LogP contribution in [0.2, 0.25) is 0 Å². The molecule has 1 amide bonds. The molecule has 1 unspecified atom stereocenters. The Balaban J connectivity index is 2.64. The smallest absolute Gasteiger partial charge is 0.409 e. The molecule has 1 aromatic rings. The van der Waals surface area contributed by atoms with Crippen LogP contribution >= 0.6 is 15.9 Å². The number of anilines is 1. The summed E-state index contributed by atoms with van der Waals surface area (Å²) in [7, 11) is 0. The van der Waals surface area contributed by atoms with Gasteiger partial charge in [0, 0.05) is 18.4 Å². The van der Waals surface area contributed by atoms with Gasteiger partial charge in [0.2, 0.25) is 5.60 Å². The topological polar surface area (TPSA) is 69.6 Å². The van der Waals surface area contributed by atoms with Crippen LogP contribution in [-0.4, -0.2) is 22.2 Å². The van der Waals surface area contributed by atoms with E-state index in [1.165, 1.54) is 0 Å². The molecule has 8 heteroatoms. The van der Waals surface area contributed by atoms with E-state index in [0.29, 0.717) is 13.0 Å². The van der Waals surface area contributed by atoms with Crippen molar-refractivity contribution in [1.29, 1.82) is 0 Å². The van der Waals surface area contributed by atoms with Gasteiger partial charge in [-0.15, -0.1) is 0 Å². The first-order valence-corrected chi connectivity index (χ1v) is 7.46. The van der Waals surface area contributed by atoms with Crippen LogP contribution in [0.5, 0.6) is 0 Å². The molecule has 0 aliphatic heterocycles. The highest BCUT2D eigenvalue weighted by atomic mass is 79.9. The van der Waals surface area contributed by atoms with Crippen LogP contribution in [0.25, 0.3) is 0 Å². The minimum atomic E-state index is -3.75. The molecule has 124 valence electrons. The molecule has 1 saturated carbocycles. The second kappa shape index (κ2) is 6.06. The lowest BCUT2D eigenvalue weighted by Gasteiger charge is -2.31. The molecule has 0 radical (unpaired) electrons. The van der Waals surface area contributed by atoms with E-state index in [0.717, 1.165) is 18.9 Å². The van der Waals surface area contributed by atoms with Crippen molar-refractivity contribution in [2.24, 2.45) is 5.92 Å². The van der Waals surface area contributed by atoms with Crippen LogP contribution in [0.3, 0.4) is 0 Å². The summed E-state index contributed by atoms with van der Waals surface area (Å²) < 4.78 is 41.7. The molecule has 0 spiro atoms. The number of nitrogens with one attached hydrogen (secondary N) is 1. The average Bonchev–Trinajstić information content (AvgIpc) is 3.22. The highest BCUT2D eigenvalue weighted by molar-refractivity contribution is 9.10. The third-order valence-corrected chi connectivity index (χ3v) is 3.97. The Kier molecular flexibility index (Phi) is 4.64. The Morgan fingerprint density at radius 1 is 1.43 bits per heavy atom. The van der Waals surface area contributed by atoms with Crippen molar-refractivity contribution in [2.75, 3.05) is 5.32 Å². The van der Waals surface area contributed by atoms with Gasteiger partial charge in [-0.3, -0.25) is 5.32 Å². The molecule has 0 bridgehead atoms. The van der Waals surface area contributed by atoms with Gasteiger partial charge < -0.3 is 10.2 Å². The molecule has 1 aromatic carbocycles. The minimum absolute atomic E-state index is 0.0833. The fourth-order valence-electron chi connectivity index (χ4n) is 1.91. The minimum Gasteiger partial charge on any atom is -0.465 e. The van der Waals surface area contributed by atoms with Crippen molar-refractivity contribution in [3.63, 3.8) is 0 Å². The third kappa shape index (κ3) is 3.79. The van der Waals surface area contributed by atoms with Crippen molar-refractivity contribution >= 4 is 27.7 Å². The summed E-state index contributed by atoms with van der Waals surface area (Å²) in [4.78, 5) is 10.8. The predicted octanol–water partition coefficient (Wildman–Crippen LogP) is 3.93. The maximum Gasteiger partial charge on any atom is 0.409 e. The SMILES string of the molecule is CC(F)(F)C(O)(C#CC1CC1)c1cc(F)c(Br)cc1NC(=O)O. The van der Waals surface area contributed by atoms with Crippen molar-refractivity contribution in [1.82, 2.24) is 0 Å². The van der Waals surface area contributed by atoms with Gasteiger partial charge >= 0.3 is 6.09 Å². The van der Waals surface area contributed by atoms with Crippen LogP contribution in [0.15, 0.2) is 16.6 Å². The summed E-state index contributed by atoms with van der Waals surface area (Å²) in [6.45, 7) is 0.444. The molecule has 23 heavy (non-hydrogen) atoms. The predicted molar refractivity (Wildman–Crippen MR) is 80.8 cm³/mol. The molecule has 1 fully saturated rings. The van der Waals surface area contributed by atoms with Gasteiger partial charge in [0.15, 0.2) is 0 Å². The monoisotopic (exact) mass is 391 g/mol. The van der Waals surface area contributed by atoms with E-state index in [1.54, 1.807) is 0 Å². The molecule has 1 aliphatic rings. The van der Waals surface area contributed by atoms with Crippen molar-refractivity contribution < 1.29 is 28.2 Å². The van der Waals surface area contributed by atoms with E-state index in [2.05, 4.69) is 27.8 Å². The number of aliphatic hydroxyl groups is 1. The maximum absolute atomic E-state index is 14.0. The fraction of sp³-hybridized carbons (Fsp3) is 0.400. The number of benzene rings is 1. The van der Waals surface area contributed by atoms with Crippen LogP contribution in [0, 0.1) is 23.6 Å². The van der Waals surface area contributed by atoms with Crippen LogP contribution in [0.4, 0.5) is 23.7 Å². The van der Waals surface area contributed by atoms with Gasteiger partial charge in [0.05, 0.1) is 10.2 Å². The highest BCUT2D eigenvalue weighted by Crippen LogP contribution is 2.42. The first kappa shape index (κ1) is 17.6. The Labute approximate surface area is 138 Å². The molecule has 4 nitrogen and oxygen atoms in total. The molecule has 0 heterocycles. The van der Waals surface area contributed by atoms with Crippen molar-refractivity contribution in [3.05, 3.63) is 28.0 Å². The van der Waals surface area contributed by atoms with Crippen LogP contribution in [-0.2, 0) is 5.60 Å². The number of halogens is 4. The van der Waals surface area contributed by atoms with Crippen LogP contribution in [0.1, 0.15) is 25.3 Å². The van der Waals surface area contributed by atoms with Gasteiger partial charge in [0.25, 0.3) is 5.92 Å². The number of hydrogen-bond donors (Lipinski definition) is 3. The molecular formula is C15H13BrF3NO3. The van der Waals surface area contributed by atoms with Gasteiger partial charge in [-0.1, -0.05) is 11.8 Å². The number of carbonyl (C=O) groups is 1. The van der Waals surface area contributed by atoms with Crippen LogP contribution < -0.4 is 5.32 Å². The third-order valence-electron chi connectivity index (χ3n) is 3.36. The largest absolute Gasteiger partial charge is 0.465 e. The molecule has 2 rings (SSSR count). The highest BCUT2D eigenvalue weighted by Gasteiger charge is 2.51. The zero-order valence-electron chi connectivity index (χ0n) is 12.0. The first-order chi connectivity index (χ1) is 10.5. The van der Waals surface area contributed by atoms with E-state index in [9.17, 15) is 23.1 Å². The zero-order valence-corrected chi connectivity index (χ0v) is 13.5. The number of amides is 1. The Morgan fingerprint density at radius 3 is 2.52 bits per heavy atom. The Bertz CT molecular complexity index is 704. The standard InChI is InChI=1S/C15H13BrF3NO3/c1-14(18,19)15(23,5-4-8-2-3-8)9-6-11(17)10(16)7-12(9)20-13(21)22/h6-8,20,23H,2-3H2,1H3,(H,21,22). The van der Waals surface area contributed by atoms with E-state index in [4.69, 9.17) is 5.11 Å². The second-order valence-electron chi connectivity index (χ2n) is 5.38. The lowest BCUT2D eigenvalue weighted by Crippen LogP contribution is -2.43.